The van der Waals surface area contributed by atoms with Crippen LogP contribution in [0.3, 0.4) is 0 Å². The number of nitrogens with zero attached hydrogens (tertiary/aromatic N) is 2. The van der Waals surface area contributed by atoms with E-state index in [1.54, 1.807) is 0 Å². The Kier molecular flexibility index (Phi) is 20.1. The van der Waals surface area contributed by atoms with Gasteiger partial charge >= 0.3 is 0 Å². The number of hydrogen-bond acceptors (Lipinski definition) is 0. The Balaban J connectivity index is 0.000000155. The normalized spacial score (nSPS) is 11.2. The second-order valence-corrected chi connectivity index (χ2v) is 21.9. The van der Waals surface area contributed by atoms with Crippen molar-refractivity contribution in [1.29, 1.82) is 0 Å². The SMILES string of the molecule is Clc1ccc([B-](c2ccc(Cl)cc2)(c2ccc(Cl)cc2)c2ccc(Cl)cc2)cc1.Clc1ccc([B-](c2ccc(Cl)cc2)(c2ccc(Cl)cc2)c2ccc(Cl)cc2)cc1.c1cc[n+](CCCCC[n+]2ccccc2)cc1. The van der Waals surface area contributed by atoms with Crippen LogP contribution in [0.15, 0.2) is 255 Å². The summed E-state index contributed by atoms with van der Waals surface area (Å²) in [6.07, 6.45) is 9.29. The van der Waals surface area contributed by atoms with Crippen LogP contribution in [0.5, 0.6) is 0 Å². The molecule has 0 unspecified atom stereocenters. The van der Waals surface area contributed by atoms with Crippen LogP contribution in [-0.4, -0.2) is 12.3 Å². The highest BCUT2D eigenvalue weighted by Crippen LogP contribution is 2.19. The lowest BCUT2D eigenvalue weighted by molar-refractivity contribution is -0.701. The van der Waals surface area contributed by atoms with Gasteiger partial charge in [-0.3, -0.25) is 0 Å². The number of halogens is 8. The zero-order valence-corrected chi connectivity index (χ0v) is 46.9. The first kappa shape index (κ1) is 55.7. The maximum Gasteiger partial charge on any atom is 0.168 e. The van der Waals surface area contributed by atoms with E-state index in [1.807, 2.05) is 97.1 Å². The lowest BCUT2D eigenvalue weighted by Gasteiger charge is -2.44. The maximum absolute atomic E-state index is 6.22. The minimum atomic E-state index is -1.51. The van der Waals surface area contributed by atoms with Crippen LogP contribution in [0.1, 0.15) is 19.3 Å². The molecular formula is C63H52B2Cl8N2. The molecule has 10 rings (SSSR count). The first-order valence-corrected chi connectivity index (χ1v) is 27.7. The maximum atomic E-state index is 6.22. The highest BCUT2D eigenvalue weighted by Gasteiger charge is 2.33. The van der Waals surface area contributed by atoms with Gasteiger partial charge < -0.3 is 0 Å². The standard InChI is InChI=1S/2C24H16BCl4.C15H20N2/c2*26-21-9-1-17(2-10-21)25(18-3-11-22(27)12-4-18,19-5-13-23(28)14-6-19)20-7-15-24(29)16-8-20;1-4-10-16(11-5-1)14-8-3-9-15-17-12-6-2-7-13-17/h2*1-16H;1-2,4-7,10-13H,3,8-9,14-15H2/q2*-1;+2. The van der Waals surface area contributed by atoms with Crippen LogP contribution in [0.4, 0.5) is 0 Å². The summed E-state index contributed by atoms with van der Waals surface area (Å²) in [5.74, 6) is 0. The average molecular weight is 1140 g/mol. The van der Waals surface area contributed by atoms with E-state index in [0.29, 0.717) is 40.2 Å². The van der Waals surface area contributed by atoms with Crippen molar-refractivity contribution in [2.24, 2.45) is 0 Å². The fraction of sp³-hybridized carbons (Fsp3) is 0.0794. The predicted molar refractivity (Wildman–Crippen MR) is 327 cm³/mol. The van der Waals surface area contributed by atoms with Gasteiger partial charge in [-0.1, -0.05) is 202 Å². The fourth-order valence-corrected chi connectivity index (χ4v) is 11.3. The van der Waals surface area contributed by atoms with E-state index in [2.05, 4.69) is 167 Å². The van der Waals surface area contributed by atoms with Crippen LogP contribution < -0.4 is 52.8 Å². The third-order valence-electron chi connectivity index (χ3n) is 13.8. The highest BCUT2D eigenvalue weighted by atomic mass is 35.5. The Morgan fingerprint density at radius 2 is 0.373 bits per heavy atom. The molecule has 0 saturated carbocycles. The van der Waals surface area contributed by atoms with Gasteiger partial charge in [0.05, 0.1) is 0 Å². The summed E-state index contributed by atoms with van der Waals surface area (Å²) < 4.78 is 4.49. The number of hydrogen-bond donors (Lipinski definition) is 0. The molecule has 0 aliphatic carbocycles. The minimum Gasteiger partial charge on any atom is -0.205 e. The van der Waals surface area contributed by atoms with E-state index in [0.717, 1.165) is 56.8 Å². The molecule has 8 aromatic carbocycles. The molecule has 2 nitrogen and oxygen atoms in total. The van der Waals surface area contributed by atoms with Gasteiger partial charge in [0.1, 0.15) is 25.4 Å². The van der Waals surface area contributed by atoms with E-state index in [9.17, 15) is 0 Å². The summed E-state index contributed by atoms with van der Waals surface area (Å²) in [5, 5.41) is 5.57. The smallest absolute Gasteiger partial charge is 0.168 e. The molecule has 0 atom stereocenters. The summed E-state index contributed by atoms with van der Waals surface area (Å²) in [7, 11) is 0. The number of rotatable bonds is 14. The Labute approximate surface area is 481 Å². The lowest BCUT2D eigenvalue weighted by atomic mass is 9.13. The molecule has 2 heterocycles. The van der Waals surface area contributed by atoms with Crippen molar-refractivity contribution in [3.8, 4) is 0 Å². The van der Waals surface area contributed by atoms with E-state index in [-0.39, 0.29) is 0 Å². The number of unbranched alkanes of at least 4 members (excludes halogenated alkanes) is 2. The van der Waals surface area contributed by atoms with Gasteiger partial charge in [-0.15, -0.1) is 0 Å². The van der Waals surface area contributed by atoms with Crippen molar-refractivity contribution in [2.45, 2.75) is 32.4 Å². The molecule has 2 aromatic heterocycles. The Hall–Kier alpha value is -5.49. The summed E-state index contributed by atoms with van der Waals surface area (Å²) in [6.45, 7) is 2.25. The molecule has 0 aliphatic heterocycles. The van der Waals surface area contributed by atoms with E-state index < -0.39 is 12.3 Å². The lowest BCUT2D eigenvalue weighted by Crippen LogP contribution is -2.74. The second-order valence-electron chi connectivity index (χ2n) is 18.4. The molecule has 12 heteroatoms. The molecule has 0 saturated heterocycles. The second kappa shape index (κ2) is 27.0. The van der Waals surface area contributed by atoms with Gasteiger partial charge in [0.15, 0.2) is 24.8 Å². The van der Waals surface area contributed by atoms with Crippen molar-refractivity contribution in [1.82, 2.24) is 0 Å². The van der Waals surface area contributed by atoms with E-state index >= 15 is 0 Å². The topological polar surface area (TPSA) is 7.76 Å². The first-order chi connectivity index (χ1) is 36.4. The van der Waals surface area contributed by atoms with Gasteiger partial charge in [0, 0.05) is 77.3 Å². The van der Waals surface area contributed by atoms with Crippen LogP contribution in [0, 0.1) is 0 Å². The first-order valence-electron chi connectivity index (χ1n) is 24.7. The van der Waals surface area contributed by atoms with Gasteiger partial charge in [0.2, 0.25) is 0 Å². The predicted octanol–water partition coefficient (Wildman–Crippen LogP) is 13.5. The summed E-state index contributed by atoms with van der Waals surface area (Å²) in [5.41, 5.74) is 9.12. The Morgan fingerprint density at radius 1 is 0.213 bits per heavy atom. The number of aryl methyl sites for hydroxylation is 2. The van der Waals surface area contributed by atoms with Crippen LogP contribution >= 0.6 is 92.8 Å². The summed E-state index contributed by atoms with van der Waals surface area (Å²) in [6, 6.07) is 76.6. The van der Waals surface area contributed by atoms with E-state index in [1.165, 1.54) is 19.3 Å². The molecule has 0 aliphatic rings. The fourth-order valence-electron chi connectivity index (χ4n) is 10.3. The summed E-state index contributed by atoms with van der Waals surface area (Å²) in [4.78, 5) is 0. The monoisotopic (exact) mass is 1140 g/mol. The third-order valence-corrected chi connectivity index (χ3v) is 15.9. The number of pyridine rings is 2. The average Bonchev–Trinajstić information content (AvgIpc) is 3.45. The molecule has 376 valence electrons. The molecule has 75 heavy (non-hydrogen) atoms. The zero-order chi connectivity index (χ0) is 52.6. The van der Waals surface area contributed by atoms with Crippen molar-refractivity contribution in [3.05, 3.63) is 295 Å². The van der Waals surface area contributed by atoms with E-state index in [4.69, 9.17) is 92.8 Å². The van der Waals surface area contributed by atoms with Crippen molar-refractivity contribution < 1.29 is 9.13 Å². The molecular weight excluding hydrogens is 1090 g/mol. The van der Waals surface area contributed by atoms with Crippen LogP contribution in [-0.2, 0) is 13.1 Å². The molecule has 0 N–H and O–H groups in total. The Morgan fingerprint density at radius 3 is 0.533 bits per heavy atom. The van der Waals surface area contributed by atoms with Crippen LogP contribution in [0.2, 0.25) is 40.2 Å². The van der Waals surface area contributed by atoms with Crippen molar-refractivity contribution in [3.63, 3.8) is 0 Å². The molecule has 10 aromatic rings. The van der Waals surface area contributed by atoms with Gasteiger partial charge in [-0.2, -0.15) is 43.7 Å². The Bertz CT molecular complexity index is 2710. The van der Waals surface area contributed by atoms with Crippen molar-refractivity contribution >= 4 is 149 Å². The summed E-state index contributed by atoms with van der Waals surface area (Å²) >= 11 is 49.7. The third kappa shape index (κ3) is 14.1. The minimum absolute atomic E-state index is 0.696. The number of aromatic nitrogens is 2. The van der Waals surface area contributed by atoms with Crippen molar-refractivity contribution in [2.75, 3.05) is 0 Å². The molecule has 0 radical (unpaired) electrons. The van der Waals surface area contributed by atoms with Gasteiger partial charge in [-0.05, 0) is 103 Å². The molecule has 0 amide bonds. The molecule has 0 spiro atoms. The molecule has 0 fully saturated rings. The largest absolute Gasteiger partial charge is 0.205 e. The van der Waals surface area contributed by atoms with Crippen LogP contribution in [0.25, 0.3) is 0 Å². The van der Waals surface area contributed by atoms with Gasteiger partial charge in [-0.25, -0.2) is 9.13 Å². The highest BCUT2D eigenvalue weighted by molar-refractivity contribution is 7.20. The molecule has 0 bridgehead atoms. The zero-order valence-electron chi connectivity index (χ0n) is 40.9. The van der Waals surface area contributed by atoms with Gasteiger partial charge in [0.25, 0.3) is 0 Å². The quantitative estimate of drug-likeness (QED) is 0.0582. The number of benzene rings is 8.